The summed E-state index contributed by atoms with van der Waals surface area (Å²) < 4.78 is 5.76. The Hall–Kier alpha value is -3.31. The highest BCUT2D eigenvalue weighted by Crippen LogP contribution is 2.48. The molecule has 0 saturated heterocycles. The van der Waals surface area contributed by atoms with Crippen LogP contribution in [-0.4, -0.2) is 22.0 Å². The first-order chi connectivity index (χ1) is 17.0. The SMILES string of the molecule is Cc1noc(-c2ccc(-c3ccc(C4(C(=O)O)CC4)cc3)cc2)c1CC(C)CSc1ccccc1. The summed E-state index contributed by atoms with van der Waals surface area (Å²) in [4.78, 5) is 12.9. The van der Waals surface area contributed by atoms with E-state index in [1.54, 1.807) is 0 Å². The zero-order valence-corrected chi connectivity index (χ0v) is 20.8. The summed E-state index contributed by atoms with van der Waals surface area (Å²) in [5.74, 6) is 1.64. The number of hydrogen-bond acceptors (Lipinski definition) is 4. The van der Waals surface area contributed by atoms with Gasteiger partial charge in [-0.1, -0.05) is 78.8 Å². The smallest absolute Gasteiger partial charge is 0.314 e. The average molecular weight is 484 g/mol. The normalized spacial score (nSPS) is 15.0. The number of aryl methyl sites for hydroxylation is 1. The molecule has 5 rings (SSSR count). The fraction of sp³-hybridized carbons (Fsp3) is 0.267. The van der Waals surface area contributed by atoms with Crippen molar-refractivity contribution in [3.63, 3.8) is 0 Å². The van der Waals surface area contributed by atoms with E-state index in [0.29, 0.717) is 5.92 Å². The molecule has 1 fully saturated rings. The lowest BCUT2D eigenvalue weighted by Crippen LogP contribution is -2.19. The van der Waals surface area contributed by atoms with Gasteiger partial charge in [0.1, 0.15) is 0 Å². The van der Waals surface area contributed by atoms with Gasteiger partial charge in [-0.15, -0.1) is 11.8 Å². The van der Waals surface area contributed by atoms with Crippen molar-refractivity contribution < 1.29 is 14.4 Å². The molecule has 4 aromatic rings. The van der Waals surface area contributed by atoms with Gasteiger partial charge < -0.3 is 9.63 Å². The van der Waals surface area contributed by atoms with Crippen LogP contribution in [0, 0.1) is 12.8 Å². The van der Waals surface area contributed by atoms with Crippen LogP contribution in [0.2, 0.25) is 0 Å². The van der Waals surface area contributed by atoms with Crippen molar-refractivity contribution >= 4 is 17.7 Å². The molecule has 0 bridgehead atoms. The van der Waals surface area contributed by atoms with Gasteiger partial charge in [-0.05, 0) is 60.9 Å². The van der Waals surface area contributed by atoms with Crippen LogP contribution in [0.4, 0.5) is 0 Å². The summed E-state index contributed by atoms with van der Waals surface area (Å²) in [6.45, 7) is 4.29. The zero-order valence-electron chi connectivity index (χ0n) is 20.0. The Morgan fingerprint density at radius 3 is 2.17 bits per heavy atom. The van der Waals surface area contributed by atoms with E-state index >= 15 is 0 Å². The van der Waals surface area contributed by atoms with E-state index in [-0.39, 0.29) is 0 Å². The van der Waals surface area contributed by atoms with Gasteiger partial charge in [0, 0.05) is 21.8 Å². The average Bonchev–Trinajstić information content (AvgIpc) is 3.63. The zero-order chi connectivity index (χ0) is 24.4. The van der Waals surface area contributed by atoms with Gasteiger partial charge in [-0.2, -0.15) is 0 Å². The molecule has 0 radical (unpaired) electrons. The Labute approximate surface area is 210 Å². The van der Waals surface area contributed by atoms with Crippen molar-refractivity contribution in [2.24, 2.45) is 5.92 Å². The number of rotatable bonds is 9. The van der Waals surface area contributed by atoms with Crippen molar-refractivity contribution in [3.05, 3.63) is 95.7 Å². The molecule has 178 valence electrons. The van der Waals surface area contributed by atoms with Gasteiger partial charge in [0.15, 0.2) is 5.76 Å². The summed E-state index contributed by atoms with van der Waals surface area (Å²) in [5.41, 5.74) is 5.53. The minimum atomic E-state index is -0.722. The van der Waals surface area contributed by atoms with E-state index in [4.69, 9.17) is 4.52 Å². The predicted octanol–water partition coefficient (Wildman–Crippen LogP) is 7.40. The van der Waals surface area contributed by atoms with E-state index in [2.05, 4.69) is 60.6 Å². The van der Waals surface area contributed by atoms with E-state index in [0.717, 1.165) is 58.7 Å². The highest BCUT2D eigenvalue weighted by Gasteiger charge is 2.51. The van der Waals surface area contributed by atoms with Crippen LogP contribution >= 0.6 is 11.8 Å². The quantitative estimate of drug-likeness (QED) is 0.251. The third-order valence-corrected chi connectivity index (χ3v) is 8.23. The summed E-state index contributed by atoms with van der Waals surface area (Å²) in [6.07, 6.45) is 2.36. The molecular weight excluding hydrogens is 454 g/mol. The van der Waals surface area contributed by atoms with Crippen LogP contribution in [0.3, 0.4) is 0 Å². The summed E-state index contributed by atoms with van der Waals surface area (Å²) in [6, 6.07) is 26.8. The number of carboxylic acid groups (broad SMARTS) is 1. The minimum Gasteiger partial charge on any atom is -0.481 e. The van der Waals surface area contributed by atoms with Crippen LogP contribution in [0.15, 0.2) is 88.3 Å². The van der Waals surface area contributed by atoms with Gasteiger partial charge in [-0.25, -0.2) is 0 Å². The monoisotopic (exact) mass is 483 g/mol. The number of aromatic nitrogens is 1. The molecule has 1 saturated carbocycles. The Morgan fingerprint density at radius 1 is 0.971 bits per heavy atom. The highest BCUT2D eigenvalue weighted by atomic mass is 32.2. The standard InChI is InChI=1S/C30H29NO3S/c1-20(19-35-26-6-4-3-5-7-26)18-27-21(2)31-34-28(27)24-10-8-22(9-11-24)23-12-14-25(15-13-23)30(16-17-30)29(32)33/h3-15,20H,16-19H2,1-2H3,(H,32,33). The highest BCUT2D eigenvalue weighted by molar-refractivity contribution is 7.99. The summed E-state index contributed by atoms with van der Waals surface area (Å²) in [7, 11) is 0. The molecule has 4 nitrogen and oxygen atoms in total. The lowest BCUT2D eigenvalue weighted by atomic mass is 9.93. The van der Waals surface area contributed by atoms with Crippen LogP contribution in [-0.2, 0) is 16.6 Å². The number of carboxylic acids is 1. The van der Waals surface area contributed by atoms with Gasteiger partial charge in [-0.3, -0.25) is 4.79 Å². The van der Waals surface area contributed by atoms with Crippen molar-refractivity contribution in [1.82, 2.24) is 5.16 Å². The molecule has 1 atom stereocenters. The molecule has 5 heteroatoms. The molecule has 1 N–H and O–H groups in total. The molecule has 0 aliphatic heterocycles. The second-order valence-electron chi connectivity index (χ2n) is 9.55. The number of aliphatic carboxylic acids is 1. The first kappa shape index (κ1) is 23.4. The van der Waals surface area contributed by atoms with Crippen molar-refractivity contribution in [2.75, 3.05) is 5.75 Å². The van der Waals surface area contributed by atoms with Crippen LogP contribution in [0.5, 0.6) is 0 Å². The number of thioether (sulfide) groups is 1. The Balaban J connectivity index is 1.29. The maximum absolute atomic E-state index is 11.6. The van der Waals surface area contributed by atoms with Gasteiger partial charge in [0.2, 0.25) is 0 Å². The molecule has 1 aromatic heterocycles. The Morgan fingerprint density at radius 2 is 1.57 bits per heavy atom. The molecule has 3 aromatic carbocycles. The molecule has 1 heterocycles. The molecule has 1 aliphatic carbocycles. The second-order valence-corrected chi connectivity index (χ2v) is 10.6. The number of hydrogen-bond donors (Lipinski definition) is 1. The molecule has 35 heavy (non-hydrogen) atoms. The topological polar surface area (TPSA) is 63.3 Å². The molecule has 1 unspecified atom stereocenters. The summed E-state index contributed by atoms with van der Waals surface area (Å²) in [5, 5.41) is 13.8. The minimum absolute atomic E-state index is 0.482. The third-order valence-electron chi connectivity index (χ3n) is 6.89. The fourth-order valence-electron chi connectivity index (χ4n) is 4.57. The molecule has 1 aliphatic rings. The third kappa shape index (κ3) is 4.92. The fourth-order valence-corrected chi connectivity index (χ4v) is 5.51. The van der Waals surface area contributed by atoms with E-state index < -0.39 is 11.4 Å². The second kappa shape index (κ2) is 9.74. The number of benzene rings is 3. The molecular formula is C30H29NO3S. The van der Waals surface area contributed by atoms with E-state index in [1.165, 1.54) is 10.5 Å². The number of carbonyl (C=O) groups is 1. The Bertz CT molecular complexity index is 1310. The first-order valence-corrected chi connectivity index (χ1v) is 13.0. The van der Waals surface area contributed by atoms with E-state index in [1.807, 2.05) is 49.0 Å². The maximum atomic E-state index is 11.6. The molecule has 0 amide bonds. The first-order valence-electron chi connectivity index (χ1n) is 12.0. The largest absolute Gasteiger partial charge is 0.481 e. The summed E-state index contributed by atoms with van der Waals surface area (Å²) >= 11 is 1.88. The van der Waals surface area contributed by atoms with Crippen LogP contribution in [0.25, 0.3) is 22.5 Å². The maximum Gasteiger partial charge on any atom is 0.314 e. The van der Waals surface area contributed by atoms with Gasteiger partial charge in [0.25, 0.3) is 0 Å². The predicted molar refractivity (Wildman–Crippen MR) is 141 cm³/mol. The van der Waals surface area contributed by atoms with Gasteiger partial charge in [0.05, 0.1) is 11.1 Å². The van der Waals surface area contributed by atoms with Crippen LogP contribution in [0.1, 0.15) is 36.6 Å². The molecule has 0 spiro atoms. The Kier molecular flexibility index (Phi) is 6.52. The van der Waals surface area contributed by atoms with Crippen LogP contribution < -0.4 is 0 Å². The lowest BCUT2D eigenvalue weighted by molar-refractivity contribution is -0.140. The lowest BCUT2D eigenvalue weighted by Gasteiger charge is -2.12. The van der Waals surface area contributed by atoms with E-state index in [9.17, 15) is 9.90 Å². The van der Waals surface area contributed by atoms with Crippen molar-refractivity contribution in [2.45, 2.75) is 43.4 Å². The van der Waals surface area contributed by atoms with Gasteiger partial charge >= 0.3 is 5.97 Å². The van der Waals surface area contributed by atoms with Crippen molar-refractivity contribution in [3.8, 4) is 22.5 Å². The number of nitrogens with zero attached hydrogens (tertiary/aromatic N) is 1. The van der Waals surface area contributed by atoms with Crippen molar-refractivity contribution in [1.29, 1.82) is 0 Å².